The lowest BCUT2D eigenvalue weighted by molar-refractivity contribution is 0.0518. The molecule has 0 aromatic carbocycles. The smallest absolute Gasteiger partial charge is 0.410 e. The van der Waals surface area contributed by atoms with Crippen molar-refractivity contribution in [3.05, 3.63) is 36.5 Å². The summed E-state index contributed by atoms with van der Waals surface area (Å²) < 4.78 is 15.9. The molecule has 9 heteroatoms. The van der Waals surface area contributed by atoms with E-state index in [1.54, 1.807) is 17.2 Å². The van der Waals surface area contributed by atoms with Crippen molar-refractivity contribution >= 4 is 6.09 Å². The van der Waals surface area contributed by atoms with Crippen LogP contribution in [0.25, 0.3) is 22.8 Å². The third-order valence-corrected chi connectivity index (χ3v) is 5.56. The van der Waals surface area contributed by atoms with E-state index in [0.717, 1.165) is 31.2 Å². The Morgan fingerprint density at radius 3 is 2.76 bits per heavy atom. The molecule has 2 fully saturated rings. The van der Waals surface area contributed by atoms with Gasteiger partial charge in [-0.15, -0.1) is 0 Å². The zero-order chi connectivity index (χ0) is 19.8. The molecule has 1 aliphatic heterocycles. The standard InChI is InChI=1S/C20H21N5O4/c1-20(6-7-20)28-19(26)25-9-3-13(4-10-25)17-22-18(29-24-17)14-2-8-21-16(12-14)15-5-11-27-23-15/h2,5,8,11-13H,3-4,6-7,9-10H2,1H3. The summed E-state index contributed by atoms with van der Waals surface area (Å²) in [5, 5.41) is 8.07. The molecule has 0 unspecified atom stereocenters. The van der Waals surface area contributed by atoms with E-state index in [-0.39, 0.29) is 17.6 Å². The Labute approximate surface area is 167 Å². The third-order valence-electron chi connectivity index (χ3n) is 5.56. The lowest BCUT2D eigenvalue weighted by Gasteiger charge is -2.30. The number of nitrogens with zero attached hydrogens (tertiary/aromatic N) is 5. The van der Waals surface area contributed by atoms with Crippen molar-refractivity contribution in [3.8, 4) is 22.8 Å². The summed E-state index contributed by atoms with van der Waals surface area (Å²) in [6, 6.07) is 5.40. The van der Waals surface area contributed by atoms with Crippen LogP contribution in [0.15, 0.2) is 39.7 Å². The zero-order valence-corrected chi connectivity index (χ0v) is 16.1. The van der Waals surface area contributed by atoms with Crippen LogP contribution in [0.3, 0.4) is 0 Å². The number of carbonyl (C=O) groups excluding carboxylic acids is 1. The summed E-state index contributed by atoms with van der Waals surface area (Å²) in [6.45, 7) is 3.25. The summed E-state index contributed by atoms with van der Waals surface area (Å²) in [7, 11) is 0. The summed E-state index contributed by atoms with van der Waals surface area (Å²) in [5.74, 6) is 1.27. The van der Waals surface area contributed by atoms with E-state index >= 15 is 0 Å². The monoisotopic (exact) mass is 395 g/mol. The van der Waals surface area contributed by atoms with E-state index in [1.165, 1.54) is 6.26 Å². The summed E-state index contributed by atoms with van der Waals surface area (Å²) in [4.78, 5) is 22.9. The molecule has 9 nitrogen and oxygen atoms in total. The van der Waals surface area contributed by atoms with Gasteiger partial charge in [-0.3, -0.25) is 4.98 Å². The number of hydrogen-bond acceptors (Lipinski definition) is 8. The van der Waals surface area contributed by atoms with Gasteiger partial charge in [-0.2, -0.15) is 4.98 Å². The van der Waals surface area contributed by atoms with Crippen molar-refractivity contribution in [2.45, 2.75) is 44.1 Å². The number of rotatable bonds is 4. The van der Waals surface area contributed by atoms with Gasteiger partial charge in [0.15, 0.2) is 5.82 Å². The molecule has 29 heavy (non-hydrogen) atoms. The maximum absolute atomic E-state index is 12.3. The Kier molecular flexibility index (Phi) is 4.30. The number of carbonyl (C=O) groups is 1. The molecule has 1 amide bonds. The molecular weight excluding hydrogens is 374 g/mol. The summed E-state index contributed by atoms with van der Waals surface area (Å²) in [5.41, 5.74) is 1.85. The fraction of sp³-hybridized carbons (Fsp3) is 0.450. The fourth-order valence-electron chi connectivity index (χ4n) is 3.44. The van der Waals surface area contributed by atoms with Gasteiger partial charge in [0.25, 0.3) is 5.89 Å². The lowest BCUT2D eigenvalue weighted by Crippen LogP contribution is -2.40. The van der Waals surface area contributed by atoms with Gasteiger partial charge in [0.2, 0.25) is 0 Å². The average molecular weight is 395 g/mol. The molecule has 0 bridgehead atoms. The molecule has 1 saturated carbocycles. The topological polar surface area (TPSA) is 107 Å². The SMILES string of the molecule is CC1(OC(=O)N2CCC(c3noc(-c4ccnc(-c5ccon5)c4)n3)CC2)CC1. The normalized spacial score (nSPS) is 18.6. The number of hydrogen-bond donors (Lipinski definition) is 0. The fourth-order valence-corrected chi connectivity index (χ4v) is 3.44. The second-order valence-electron chi connectivity index (χ2n) is 7.85. The van der Waals surface area contributed by atoms with Crippen LogP contribution in [0.2, 0.25) is 0 Å². The van der Waals surface area contributed by atoms with Crippen molar-refractivity contribution < 1.29 is 18.6 Å². The molecule has 1 saturated heterocycles. The highest BCUT2D eigenvalue weighted by molar-refractivity contribution is 5.68. The molecule has 0 N–H and O–H groups in total. The van der Waals surface area contributed by atoms with E-state index in [2.05, 4.69) is 20.3 Å². The molecule has 4 heterocycles. The summed E-state index contributed by atoms with van der Waals surface area (Å²) in [6.07, 6.45) is 6.43. The molecule has 1 aliphatic carbocycles. The second-order valence-corrected chi connectivity index (χ2v) is 7.85. The van der Waals surface area contributed by atoms with E-state index < -0.39 is 0 Å². The van der Waals surface area contributed by atoms with Crippen LogP contribution in [0, 0.1) is 0 Å². The Morgan fingerprint density at radius 2 is 2.03 bits per heavy atom. The van der Waals surface area contributed by atoms with E-state index in [1.807, 2.05) is 19.1 Å². The van der Waals surface area contributed by atoms with E-state index in [9.17, 15) is 4.79 Å². The van der Waals surface area contributed by atoms with Gasteiger partial charge in [-0.05, 0) is 44.7 Å². The van der Waals surface area contributed by atoms with Crippen LogP contribution in [0.4, 0.5) is 4.79 Å². The predicted molar refractivity (Wildman–Crippen MR) is 101 cm³/mol. The largest absolute Gasteiger partial charge is 0.443 e. The minimum Gasteiger partial charge on any atom is -0.443 e. The molecule has 3 aromatic heterocycles. The molecule has 150 valence electrons. The molecule has 0 atom stereocenters. The minimum atomic E-state index is -0.244. The molecule has 0 spiro atoms. The highest BCUT2D eigenvalue weighted by Crippen LogP contribution is 2.39. The van der Waals surface area contributed by atoms with Crippen LogP contribution < -0.4 is 0 Å². The van der Waals surface area contributed by atoms with Crippen LogP contribution in [-0.4, -0.2) is 50.0 Å². The maximum Gasteiger partial charge on any atom is 0.410 e. The van der Waals surface area contributed by atoms with Gasteiger partial charge in [0.05, 0.1) is 5.69 Å². The Bertz CT molecular complexity index is 1000. The molecule has 5 rings (SSSR count). The van der Waals surface area contributed by atoms with Gasteiger partial charge in [-0.25, -0.2) is 4.79 Å². The van der Waals surface area contributed by atoms with Crippen LogP contribution in [0.5, 0.6) is 0 Å². The minimum absolute atomic E-state index is 0.157. The quantitative estimate of drug-likeness (QED) is 0.659. The van der Waals surface area contributed by atoms with E-state index in [0.29, 0.717) is 36.2 Å². The number of pyridine rings is 1. The third kappa shape index (κ3) is 3.72. The van der Waals surface area contributed by atoms with Crippen molar-refractivity contribution in [3.63, 3.8) is 0 Å². The van der Waals surface area contributed by atoms with Crippen molar-refractivity contribution in [1.82, 2.24) is 25.2 Å². The number of ether oxygens (including phenoxy) is 1. The molecule has 2 aliphatic rings. The highest BCUT2D eigenvalue weighted by Gasteiger charge is 2.43. The zero-order valence-electron chi connectivity index (χ0n) is 16.1. The number of amides is 1. The van der Waals surface area contributed by atoms with Gasteiger partial charge in [-0.1, -0.05) is 10.3 Å². The molecule has 0 radical (unpaired) electrons. The Balaban J connectivity index is 1.24. The first-order valence-electron chi connectivity index (χ1n) is 9.78. The summed E-state index contributed by atoms with van der Waals surface area (Å²) >= 11 is 0. The predicted octanol–water partition coefficient (Wildman–Crippen LogP) is 3.66. The molecular formula is C20H21N5O4. The molecule has 3 aromatic rings. The van der Waals surface area contributed by atoms with Crippen LogP contribution in [0.1, 0.15) is 44.3 Å². The van der Waals surface area contributed by atoms with Gasteiger partial charge in [0, 0.05) is 36.8 Å². The first kappa shape index (κ1) is 17.8. The first-order valence-corrected chi connectivity index (χ1v) is 9.78. The van der Waals surface area contributed by atoms with Crippen molar-refractivity contribution in [2.24, 2.45) is 0 Å². The maximum atomic E-state index is 12.3. The number of piperidine rings is 1. The van der Waals surface area contributed by atoms with Crippen molar-refractivity contribution in [1.29, 1.82) is 0 Å². The first-order chi connectivity index (χ1) is 14.1. The van der Waals surface area contributed by atoms with Gasteiger partial charge >= 0.3 is 6.09 Å². The van der Waals surface area contributed by atoms with Crippen molar-refractivity contribution in [2.75, 3.05) is 13.1 Å². The Hall–Kier alpha value is -3.23. The number of aromatic nitrogens is 4. The van der Waals surface area contributed by atoms with Crippen LogP contribution >= 0.6 is 0 Å². The van der Waals surface area contributed by atoms with Gasteiger partial charge < -0.3 is 18.7 Å². The average Bonchev–Trinajstić information content (AvgIpc) is 3.18. The number of likely N-dealkylation sites (tertiary alicyclic amines) is 1. The van der Waals surface area contributed by atoms with Gasteiger partial charge in [0.1, 0.15) is 17.6 Å². The lowest BCUT2D eigenvalue weighted by atomic mass is 9.96. The Morgan fingerprint density at radius 1 is 1.21 bits per heavy atom. The second kappa shape index (κ2) is 6.98. The highest BCUT2D eigenvalue weighted by atomic mass is 16.6. The van der Waals surface area contributed by atoms with Crippen LogP contribution in [-0.2, 0) is 4.74 Å². The van der Waals surface area contributed by atoms with E-state index in [4.69, 9.17) is 13.8 Å².